The Morgan fingerprint density at radius 3 is 3.00 bits per heavy atom. The molecule has 2 unspecified atom stereocenters. The summed E-state index contributed by atoms with van der Waals surface area (Å²) in [6.07, 6.45) is 0.622. The number of hydrogen-bond acceptors (Lipinski definition) is 5. The maximum atomic E-state index is 8.21. The predicted octanol–water partition coefficient (Wildman–Crippen LogP) is -1.29. The average molecular weight is 132 g/mol. The molecule has 0 aromatic heterocycles. The van der Waals surface area contributed by atoms with Crippen molar-refractivity contribution in [2.45, 2.75) is 12.5 Å². The highest BCUT2D eigenvalue weighted by atomic mass is 16.7. The molecule has 5 nitrogen and oxygen atoms in total. The minimum atomic E-state index is -0.382. The Kier molecular flexibility index (Phi) is 2.12. The molecule has 3 N–H and O–H groups in total. The molecule has 9 heavy (non-hydrogen) atoms. The molecule has 1 saturated heterocycles. The number of ether oxygens (including phenoxy) is 1. The summed E-state index contributed by atoms with van der Waals surface area (Å²) in [7, 11) is 0. The molecule has 0 amide bonds. The summed E-state index contributed by atoms with van der Waals surface area (Å²) >= 11 is 0. The quantitative estimate of drug-likeness (QED) is 0.254. The highest BCUT2D eigenvalue weighted by molar-refractivity contribution is 5.58. The molecule has 52 valence electrons. The molecule has 0 aromatic carbocycles. The molecule has 0 spiro atoms. The van der Waals surface area contributed by atoms with E-state index in [1.165, 1.54) is 6.21 Å². The minimum Gasteiger partial charge on any atom is -0.391 e. The molecule has 2 atom stereocenters. The third-order valence-electron chi connectivity index (χ3n) is 0.930. The number of epoxide rings is 1. The fourth-order valence-corrected chi connectivity index (χ4v) is 0.463. The molecule has 1 rings (SSSR count). The maximum absolute atomic E-state index is 8.21. The van der Waals surface area contributed by atoms with Crippen molar-refractivity contribution in [2.75, 3.05) is 6.61 Å². The van der Waals surface area contributed by atoms with Gasteiger partial charge in [0.1, 0.15) is 0 Å². The van der Waals surface area contributed by atoms with Crippen LogP contribution in [0, 0.1) is 0 Å². The highest BCUT2D eigenvalue weighted by Gasteiger charge is 2.37. The largest absolute Gasteiger partial charge is 0.391 e. The van der Waals surface area contributed by atoms with Gasteiger partial charge in [0.15, 0.2) is 12.5 Å². The Labute approximate surface area is 51.9 Å². The molecule has 0 radical (unpaired) electrons. The van der Waals surface area contributed by atoms with E-state index in [4.69, 9.17) is 15.1 Å². The number of nitrogens with zero attached hydrogens (tertiary/aromatic N) is 1. The Morgan fingerprint density at radius 2 is 2.56 bits per heavy atom. The summed E-state index contributed by atoms with van der Waals surface area (Å²) in [5.41, 5.74) is 1.88. The molecule has 1 heterocycles. The topological polar surface area (TPSA) is 77.4 Å². The van der Waals surface area contributed by atoms with Crippen molar-refractivity contribution in [3.05, 3.63) is 0 Å². The van der Waals surface area contributed by atoms with Gasteiger partial charge < -0.3 is 15.1 Å². The van der Waals surface area contributed by atoms with Crippen LogP contribution in [-0.2, 0) is 4.74 Å². The van der Waals surface area contributed by atoms with Crippen LogP contribution in [0.2, 0.25) is 0 Å². The van der Waals surface area contributed by atoms with E-state index in [2.05, 4.69) is 4.99 Å². The monoisotopic (exact) mass is 132 g/mol. The number of rotatable bonds is 3. The van der Waals surface area contributed by atoms with Crippen molar-refractivity contribution in [3.63, 3.8) is 0 Å². The van der Waals surface area contributed by atoms with Gasteiger partial charge in [-0.3, -0.25) is 4.99 Å². The summed E-state index contributed by atoms with van der Waals surface area (Å²) in [5, 5.41) is 16.4. The van der Waals surface area contributed by atoms with Gasteiger partial charge in [0, 0.05) is 6.21 Å². The van der Waals surface area contributed by atoms with E-state index in [-0.39, 0.29) is 19.1 Å². The van der Waals surface area contributed by atoms with Crippen LogP contribution in [0.3, 0.4) is 0 Å². The third kappa shape index (κ3) is 1.72. The maximum Gasteiger partial charge on any atom is 0.191 e. The van der Waals surface area contributed by atoms with Crippen LogP contribution in [0.5, 0.6) is 0 Å². The molecule has 0 bridgehead atoms. The first-order valence-corrected chi connectivity index (χ1v) is 2.56. The number of hydroxylamine groups is 1. The standard InChI is InChI=1S/C4H8N2O3/c7-2-1-5-3-4(6-8)9-3/h1,3-4,6-8H,2H2/b5-1+. The van der Waals surface area contributed by atoms with Crippen molar-refractivity contribution in [1.82, 2.24) is 5.48 Å². The normalized spacial score (nSPS) is 33.6. The summed E-state index contributed by atoms with van der Waals surface area (Å²) < 4.78 is 4.70. The van der Waals surface area contributed by atoms with E-state index >= 15 is 0 Å². The van der Waals surface area contributed by atoms with Gasteiger partial charge in [-0.25, -0.2) is 0 Å². The van der Waals surface area contributed by atoms with Gasteiger partial charge in [0.2, 0.25) is 0 Å². The summed E-state index contributed by atoms with van der Waals surface area (Å²) in [6, 6.07) is 0. The lowest BCUT2D eigenvalue weighted by molar-refractivity contribution is 0.119. The zero-order valence-electron chi connectivity index (χ0n) is 4.69. The fourth-order valence-electron chi connectivity index (χ4n) is 0.463. The van der Waals surface area contributed by atoms with Gasteiger partial charge in [0.05, 0.1) is 6.61 Å². The summed E-state index contributed by atoms with van der Waals surface area (Å²) in [5.74, 6) is 0. The molecule has 0 saturated carbocycles. The molecule has 1 aliphatic heterocycles. The van der Waals surface area contributed by atoms with Crippen molar-refractivity contribution in [3.8, 4) is 0 Å². The number of nitrogens with one attached hydrogen (secondary N) is 1. The smallest absolute Gasteiger partial charge is 0.191 e. The minimum absolute atomic E-state index is 0.0992. The number of aliphatic hydroxyl groups is 1. The lowest BCUT2D eigenvalue weighted by Crippen LogP contribution is -2.13. The molecule has 5 heteroatoms. The zero-order valence-corrected chi connectivity index (χ0v) is 4.69. The van der Waals surface area contributed by atoms with Gasteiger partial charge in [-0.1, -0.05) is 0 Å². The van der Waals surface area contributed by atoms with E-state index in [1.807, 2.05) is 5.48 Å². The molecule has 1 fully saturated rings. The fraction of sp³-hybridized carbons (Fsp3) is 0.750. The van der Waals surface area contributed by atoms with Gasteiger partial charge >= 0.3 is 0 Å². The number of aliphatic hydroxyl groups excluding tert-OH is 1. The SMILES string of the molecule is OC/C=N/C1OC1NO. The van der Waals surface area contributed by atoms with Gasteiger partial charge in [-0.2, -0.15) is 5.48 Å². The second kappa shape index (κ2) is 2.88. The number of hydrogen-bond donors (Lipinski definition) is 3. The average Bonchev–Trinajstić information content (AvgIpc) is 2.62. The van der Waals surface area contributed by atoms with Crippen LogP contribution in [0.25, 0.3) is 0 Å². The van der Waals surface area contributed by atoms with E-state index in [0.29, 0.717) is 0 Å². The van der Waals surface area contributed by atoms with Crippen LogP contribution in [-0.4, -0.2) is 35.6 Å². The highest BCUT2D eigenvalue weighted by Crippen LogP contribution is 2.18. The van der Waals surface area contributed by atoms with E-state index in [0.717, 1.165) is 0 Å². The molecule has 0 aliphatic carbocycles. The van der Waals surface area contributed by atoms with Gasteiger partial charge in [-0.05, 0) is 0 Å². The Morgan fingerprint density at radius 1 is 1.78 bits per heavy atom. The van der Waals surface area contributed by atoms with Crippen molar-refractivity contribution in [2.24, 2.45) is 4.99 Å². The van der Waals surface area contributed by atoms with Gasteiger partial charge in [-0.15, -0.1) is 0 Å². The molecule has 1 aliphatic rings. The second-order valence-corrected chi connectivity index (χ2v) is 1.59. The molecule has 0 aromatic rings. The lowest BCUT2D eigenvalue weighted by atomic mass is 10.6. The van der Waals surface area contributed by atoms with Crippen molar-refractivity contribution < 1.29 is 15.1 Å². The third-order valence-corrected chi connectivity index (χ3v) is 0.930. The van der Waals surface area contributed by atoms with Crippen molar-refractivity contribution in [1.29, 1.82) is 0 Å². The van der Waals surface area contributed by atoms with Crippen LogP contribution >= 0.6 is 0 Å². The first-order valence-electron chi connectivity index (χ1n) is 2.56. The Hall–Kier alpha value is -0.490. The predicted molar refractivity (Wildman–Crippen MR) is 29.2 cm³/mol. The Bertz CT molecular complexity index is 116. The zero-order chi connectivity index (χ0) is 6.69. The lowest BCUT2D eigenvalue weighted by Gasteiger charge is -1.81. The first-order chi connectivity index (χ1) is 4.38. The Balaban J connectivity index is 2.11. The van der Waals surface area contributed by atoms with Crippen LogP contribution < -0.4 is 5.48 Å². The number of aliphatic imine (C=N–C) groups is 1. The van der Waals surface area contributed by atoms with Gasteiger partial charge in [0.25, 0.3) is 0 Å². The van der Waals surface area contributed by atoms with Crippen LogP contribution in [0.15, 0.2) is 4.99 Å². The van der Waals surface area contributed by atoms with E-state index in [1.54, 1.807) is 0 Å². The summed E-state index contributed by atoms with van der Waals surface area (Å²) in [4.78, 5) is 3.69. The van der Waals surface area contributed by atoms with Crippen LogP contribution in [0.4, 0.5) is 0 Å². The first kappa shape index (κ1) is 6.63. The summed E-state index contributed by atoms with van der Waals surface area (Å²) in [6.45, 7) is -0.0992. The van der Waals surface area contributed by atoms with Crippen molar-refractivity contribution >= 4 is 6.21 Å². The molecular formula is C4H8N2O3. The molecular weight excluding hydrogens is 124 g/mol. The second-order valence-electron chi connectivity index (χ2n) is 1.59. The van der Waals surface area contributed by atoms with Crippen LogP contribution in [0.1, 0.15) is 0 Å². The van der Waals surface area contributed by atoms with E-state index < -0.39 is 0 Å². The van der Waals surface area contributed by atoms with E-state index in [9.17, 15) is 0 Å².